The molecular weight excluding hydrogens is 516 g/mol. The highest BCUT2D eigenvalue weighted by atomic mass is 32.2. The van der Waals surface area contributed by atoms with Gasteiger partial charge >= 0.3 is 24.2 Å². The lowest BCUT2D eigenvalue weighted by molar-refractivity contribution is -0.358. The highest BCUT2D eigenvalue weighted by Crippen LogP contribution is 2.46. The molecule has 0 atom stereocenters. The van der Waals surface area contributed by atoms with Gasteiger partial charge in [0, 0.05) is 6.20 Å². The Morgan fingerprint density at radius 2 is 1.56 bits per heavy atom. The number of halogens is 10. The van der Waals surface area contributed by atoms with Crippen molar-refractivity contribution in [3.63, 3.8) is 0 Å². The Balaban J connectivity index is 2.56. The van der Waals surface area contributed by atoms with Crippen LogP contribution in [0.4, 0.5) is 43.9 Å². The summed E-state index contributed by atoms with van der Waals surface area (Å²) in [6, 6.07) is 0.274. The first-order chi connectivity index (χ1) is 15.2. The van der Waals surface area contributed by atoms with Crippen LogP contribution in [0.3, 0.4) is 0 Å². The van der Waals surface area contributed by atoms with E-state index >= 15 is 0 Å². The molecule has 0 aliphatic carbocycles. The van der Waals surface area contributed by atoms with Gasteiger partial charge in [0.1, 0.15) is 10.6 Å². The third-order valence-electron chi connectivity index (χ3n) is 4.51. The fraction of sp³-hybridized carbons (Fsp3) is 0.529. The Kier molecular flexibility index (Phi) is 6.97. The van der Waals surface area contributed by atoms with Crippen LogP contribution in [0.2, 0.25) is 0 Å². The fourth-order valence-electron chi connectivity index (χ4n) is 2.64. The van der Waals surface area contributed by atoms with E-state index in [0.717, 1.165) is 20.8 Å². The van der Waals surface area contributed by atoms with Crippen molar-refractivity contribution in [1.82, 2.24) is 14.8 Å². The summed E-state index contributed by atoms with van der Waals surface area (Å²) in [6.07, 6.45) is -11.3. The van der Waals surface area contributed by atoms with E-state index in [9.17, 15) is 52.3 Å². The Morgan fingerprint density at radius 1 is 1.00 bits per heavy atom. The predicted octanol–water partition coefficient (Wildman–Crippen LogP) is 4.91. The van der Waals surface area contributed by atoms with Gasteiger partial charge in [0.15, 0.2) is 28.0 Å². The van der Waals surface area contributed by atoms with Crippen LogP contribution >= 0.6 is 0 Å². The van der Waals surface area contributed by atoms with Crippen LogP contribution in [-0.4, -0.2) is 53.6 Å². The van der Waals surface area contributed by atoms with Crippen LogP contribution in [0.25, 0.3) is 5.82 Å². The zero-order chi connectivity index (χ0) is 26.5. The molecule has 34 heavy (non-hydrogen) atoms. The molecule has 0 amide bonds. The molecule has 0 radical (unpaired) electrons. The van der Waals surface area contributed by atoms with E-state index in [1.807, 2.05) is 0 Å². The fourth-order valence-corrected chi connectivity index (χ4v) is 3.67. The third kappa shape index (κ3) is 4.93. The minimum atomic E-state index is -6.58. The molecule has 192 valence electrons. The molecule has 2 heterocycles. The van der Waals surface area contributed by atoms with Crippen molar-refractivity contribution in [3.05, 3.63) is 29.2 Å². The minimum Gasteiger partial charge on any atom is -0.483 e. The van der Waals surface area contributed by atoms with E-state index in [-0.39, 0.29) is 18.0 Å². The van der Waals surface area contributed by atoms with Crippen molar-refractivity contribution < 1.29 is 57.1 Å². The number of rotatable bonds is 7. The lowest BCUT2D eigenvalue weighted by atomic mass is 10.2. The number of aryl methyl sites for hydroxylation is 1. The second-order valence-corrected chi connectivity index (χ2v) is 9.17. The average Bonchev–Trinajstić information content (AvgIpc) is 2.97. The molecule has 0 saturated carbocycles. The molecule has 2 rings (SSSR count). The zero-order valence-corrected chi connectivity index (χ0v) is 18.1. The lowest BCUT2D eigenvalue weighted by Gasteiger charge is -2.27. The lowest BCUT2D eigenvalue weighted by Crippen LogP contribution is -2.54. The van der Waals surface area contributed by atoms with Crippen molar-refractivity contribution in [2.75, 3.05) is 12.4 Å². The first kappa shape index (κ1) is 27.7. The number of ether oxygens (including phenoxy) is 1. The minimum absolute atomic E-state index is 0.274. The van der Waals surface area contributed by atoms with Gasteiger partial charge in [0.25, 0.3) is 0 Å². The molecule has 0 bridgehead atoms. The third-order valence-corrected chi connectivity index (χ3v) is 6.24. The molecule has 6 nitrogen and oxygen atoms in total. The highest BCUT2D eigenvalue weighted by molar-refractivity contribution is 7.91. The first-order valence-corrected chi connectivity index (χ1v) is 10.6. The molecule has 2 aromatic rings. The normalized spacial score (nSPS) is 13.9. The number of hydrogen-bond donors (Lipinski definition) is 0. The van der Waals surface area contributed by atoms with E-state index in [2.05, 4.69) is 14.8 Å². The molecular formula is C17H15F10N3O3S. The maximum absolute atomic E-state index is 13.6. The van der Waals surface area contributed by atoms with Gasteiger partial charge in [-0.2, -0.15) is 49.0 Å². The summed E-state index contributed by atoms with van der Waals surface area (Å²) in [5, 5.41) is 3.72. The molecule has 0 aliphatic rings. The van der Waals surface area contributed by atoms with Crippen LogP contribution < -0.4 is 4.74 Å². The van der Waals surface area contributed by atoms with Gasteiger partial charge in [0.2, 0.25) is 0 Å². The smallest absolute Gasteiger partial charge is 0.460 e. The molecule has 0 spiro atoms. The van der Waals surface area contributed by atoms with E-state index in [1.165, 1.54) is 0 Å². The summed E-state index contributed by atoms with van der Waals surface area (Å²) >= 11 is 0. The maximum Gasteiger partial charge on any atom is 0.460 e. The highest BCUT2D eigenvalue weighted by Gasteiger charge is 2.73. The van der Waals surface area contributed by atoms with Crippen LogP contribution in [0.5, 0.6) is 5.75 Å². The Hall–Kier alpha value is -2.59. The molecule has 0 fully saturated rings. The second-order valence-electron chi connectivity index (χ2n) is 6.92. The van der Waals surface area contributed by atoms with E-state index in [1.54, 1.807) is 0 Å². The molecule has 0 aliphatic heterocycles. The molecule has 0 unspecified atom stereocenters. The van der Waals surface area contributed by atoms with Crippen molar-refractivity contribution >= 4 is 9.84 Å². The maximum atomic E-state index is 13.6. The van der Waals surface area contributed by atoms with E-state index < -0.39 is 74.1 Å². The van der Waals surface area contributed by atoms with Gasteiger partial charge in [-0.3, -0.25) is 0 Å². The van der Waals surface area contributed by atoms with Crippen molar-refractivity contribution in [1.29, 1.82) is 0 Å². The van der Waals surface area contributed by atoms with Gasteiger partial charge < -0.3 is 4.74 Å². The zero-order valence-electron chi connectivity index (χ0n) is 17.3. The number of hydrogen-bond acceptors (Lipinski definition) is 5. The number of pyridine rings is 1. The van der Waals surface area contributed by atoms with Crippen LogP contribution in [0.15, 0.2) is 17.2 Å². The van der Waals surface area contributed by atoms with Crippen molar-refractivity contribution in [2.45, 2.75) is 49.9 Å². The van der Waals surface area contributed by atoms with Gasteiger partial charge in [0.05, 0.1) is 17.0 Å². The number of nitrogens with zero attached hydrogens (tertiary/aromatic N) is 3. The summed E-state index contributed by atoms with van der Waals surface area (Å²) in [6.45, 7) is 0.763. The Bertz CT molecular complexity index is 1170. The quantitative estimate of drug-likeness (QED) is 0.475. The number of aromatic nitrogens is 3. The van der Waals surface area contributed by atoms with Gasteiger partial charge in [-0.25, -0.2) is 18.1 Å². The SMILES string of the molecule is CCS(=O)(=O)c1cc(C(F)(F)F)cnc1-n1nc(C)c(OCC(F)(F)C(F)(F)C(F)(F)F)c1C. The Labute approximate surface area is 185 Å². The molecule has 2 aromatic heterocycles. The van der Waals surface area contributed by atoms with Crippen LogP contribution in [0, 0.1) is 13.8 Å². The molecule has 0 saturated heterocycles. The van der Waals surface area contributed by atoms with Crippen molar-refractivity contribution in [3.8, 4) is 11.6 Å². The predicted molar refractivity (Wildman–Crippen MR) is 95.0 cm³/mol. The summed E-state index contributed by atoms with van der Waals surface area (Å²) in [4.78, 5) is 2.52. The van der Waals surface area contributed by atoms with Crippen LogP contribution in [0.1, 0.15) is 23.9 Å². The van der Waals surface area contributed by atoms with E-state index in [0.29, 0.717) is 4.68 Å². The molecule has 17 heteroatoms. The summed E-state index contributed by atoms with van der Waals surface area (Å²) < 4.78 is 159. The number of sulfone groups is 1. The van der Waals surface area contributed by atoms with Crippen molar-refractivity contribution in [2.24, 2.45) is 0 Å². The summed E-state index contributed by atoms with van der Waals surface area (Å²) in [5.41, 5.74) is -2.19. The second kappa shape index (κ2) is 8.57. The summed E-state index contributed by atoms with van der Waals surface area (Å²) in [5.74, 6) is -14.2. The summed E-state index contributed by atoms with van der Waals surface area (Å²) in [7, 11) is -4.36. The Morgan fingerprint density at radius 3 is 2.03 bits per heavy atom. The van der Waals surface area contributed by atoms with Gasteiger partial charge in [-0.15, -0.1) is 0 Å². The molecule has 0 aromatic carbocycles. The van der Waals surface area contributed by atoms with Gasteiger partial charge in [-0.05, 0) is 19.9 Å². The first-order valence-electron chi connectivity index (χ1n) is 8.99. The standard InChI is InChI=1S/C17H15F10N3O3S/c1-4-34(31,32)11-5-10(15(20,21)22)6-28-13(11)30-9(3)12(8(2)29-30)33-7-14(18,19)16(23,24)17(25,26)27/h5-6H,4,7H2,1-3H3. The van der Waals surface area contributed by atoms with Gasteiger partial charge in [-0.1, -0.05) is 6.92 Å². The monoisotopic (exact) mass is 531 g/mol. The topological polar surface area (TPSA) is 74.1 Å². The van der Waals surface area contributed by atoms with Crippen LogP contribution in [-0.2, 0) is 16.0 Å². The van der Waals surface area contributed by atoms with E-state index in [4.69, 9.17) is 0 Å². The molecule has 0 N–H and O–H groups in total. The largest absolute Gasteiger partial charge is 0.483 e. The number of alkyl halides is 10. The average molecular weight is 531 g/mol.